The molecule has 2 aromatic rings. The van der Waals surface area contributed by atoms with Crippen molar-refractivity contribution in [2.75, 3.05) is 12.0 Å². The van der Waals surface area contributed by atoms with E-state index in [0.717, 1.165) is 5.56 Å². The molecule has 1 aromatic heterocycles. The number of carbonyl (C=O) groups is 3. The molecule has 1 aliphatic rings. The summed E-state index contributed by atoms with van der Waals surface area (Å²) in [7, 11) is 0.422. The summed E-state index contributed by atoms with van der Waals surface area (Å²) in [6, 6.07) is 10.8. The molecular formula is C29H41N3O6Si. The molecule has 2 atom stereocenters. The number of carboxylic acid groups (broad SMARTS) is 1. The highest BCUT2D eigenvalue weighted by molar-refractivity contribution is 6.44. The predicted molar refractivity (Wildman–Crippen MR) is 153 cm³/mol. The summed E-state index contributed by atoms with van der Waals surface area (Å²) in [5, 5.41) is 10.1. The standard InChI is InChI=1S/C29H41N3O6Si/c1-26(2,3)38-25(36)31(18-19-10-12-21(37-9)13-11-19)22-16-20(14-15-30-22)17-28(7)23(33)32(39-27(4,5)6)29(28,8)24(34)35/h10-16H,17-18,39H2,1-9H3,(H,34,35)/t28-,29+/m0/s1. The van der Waals surface area contributed by atoms with E-state index in [1.165, 1.54) is 4.90 Å². The third-order valence-electron chi connectivity index (χ3n) is 7.14. The van der Waals surface area contributed by atoms with Crippen LogP contribution < -0.4 is 9.64 Å². The van der Waals surface area contributed by atoms with Gasteiger partial charge in [0.1, 0.15) is 32.4 Å². The normalized spacial score (nSPS) is 21.6. The molecule has 9 nitrogen and oxygen atoms in total. The van der Waals surface area contributed by atoms with Crippen molar-refractivity contribution >= 4 is 33.5 Å². The van der Waals surface area contributed by atoms with Crippen molar-refractivity contribution in [1.29, 1.82) is 0 Å². The number of rotatable bonds is 8. The van der Waals surface area contributed by atoms with E-state index in [9.17, 15) is 19.5 Å². The number of aromatic nitrogens is 1. The molecule has 0 bridgehead atoms. The third kappa shape index (κ3) is 6.27. The van der Waals surface area contributed by atoms with E-state index < -0.39 is 38.3 Å². The molecule has 2 amide bonds. The summed E-state index contributed by atoms with van der Waals surface area (Å²) in [5.41, 5.74) is -1.62. The predicted octanol–water partition coefficient (Wildman–Crippen LogP) is 4.57. The number of benzene rings is 1. The molecule has 0 aliphatic carbocycles. The Kier molecular flexibility index (Phi) is 8.22. The lowest BCUT2D eigenvalue weighted by Gasteiger charge is -2.61. The zero-order valence-corrected chi connectivity index (χ0v) is 25.9. The summed E-state index contributed by atoms with van der Waals surface area (Å²) in [5.74, 6) is -0.0999. The number of ether oxygens (including phenoxy) is 2. The SMILES string of the molecule is COc1ccc(CN(C(=O)OC(C)(C)C)c2cc(C[C@@]3(C)C(=O)N([SiH2]C(C)(C)C)[C@]3(C)C(=O)O)ccn2)cc1. The van der Waals surface area contributed by atoms with Crippen molar-refractivity contribution in [3.63, 3.8) is 0 Å². The fourth-order valence-electron chi connectivity index (χ4n) is 4.85. The molecule has 39 heavy (non-hydrogen) atoms. The number of nitrogens with zero attached hydrogens (tertiary/aromatic N) is 3. The van der Waals surface area contributed by atoms with Gasteiger partial charge in [-0.2, -0.15) is 0 Å². The van der Waals surface area contributed by atoms with Gasteiger partial charge in [-0.25, -0.2) is 14.6 Å². The Bertz CT molecular complexity index is 1240. The first-order chi connectivity index (χ1) is 17.9. The number of methoxy groups -OCH3 is 1. The fourth-order valence-corrected chi connectivity index (χ4v) is 7.10. The smallest absolute Gasteiger partial charge is 0.416 e. The Balaban J connectivity index is 1.95. The van der Waals surface area contributed by atoms with Crippen LogP contribution in [0.2, 0.25) is 5.04 Å². The quantitative estimate of drug-likeness (QED) is 0.375. The molecule has 0 radical (unpaired) electrons. The van der Waals surface area contributed by atoms with Gasteiger partial charge in [0.15, 0.2) is 0 Å². The molecule has 1 aliphatic heterocycles. The van der Waals surface area contributed by atoms with E-state index in [4.69, 9.17) is 9.47 Å². The van der Waals surface area contributed by atoms with Crippen LogP contribution in [0.4, 0.5) is 10.6 Å². The zero-order valence-electron chi connectivity index (χ0n) is 24.5. The number of pyridine rings is 1. The summed E-state index contributed by atoms with van der Waals surface area (Å²) >= 11 is 0. The van der Waals surface area contributed by atoms with E-state index in [-0.39, 0.29) is 23.9 Å². The topological polar surface area (TPSA) is 109 Å². The van der Waals surface area contributed by atoms with Crippen molar-refractivity contribution in [2.45, 2.75) is 84.5 Å². The molecule has 10 heteroatoms. The first-order valence-corrected chi connectivity index (χ1v) is 14.4. The second-order valence-electron chi connectivity index (χ2n) is 12.8. The minimum Gasteiger partial charge on any atom is -0.497 e. The molecule has 0 saturated carbocycles. The maximum atomic E-state index is 13.4. The number of amides is 2. The van der Waals surface area contributed by atoms with Crippen LogP contribution in [0.1, 0.15) is 66.5 Å². The van der Waals surface area contributed by atoms with Gasteiger partial charge in [-0.15, -0.1) is 0 Å². The first-order valence-electron chi connectivity index (χ1n) is 13.1. The lowest BCUT2D eigenvalue weighted by molar-refractivity contribution is -0.189. The average Bonchev–Trinajstić information content (AvgIpc) is 2.83. The largest absolute Gasteiger partial charge is 0.497 e. The highest BCUT2D eigenvalue weighted by Crippen LogP contribution is 2.51. The van der Waals surface area contributed by atoms with Crippen LogP contribution in [0.3, 0.4) is 0 Å². The number of anilines is 1. The van der Waals surface area contributed by atoms with Gasteiger partial charge in [0.05, 0.1) is 19.1 Å². The molecule has 1 N–H and O–H groups in total. The number of hydrogen-bond donors (Lipinski definition) is 1. The second-order valence-corrected chi connectivity index (χ2v) is 15.8. The maximum Gasteiger partial charge on any atom is 0.416 e. The van der Waals surface area contributed by atoms with Crippen molar-refractivity contribution in [1.82, 2.24) is 9.55 Å². The summed E-state index contributed by atoms with van der Waals surface area (Å²) in [6.07, 6.45) is 1.21. The van der Waals surface area contributed by atoms with Crippen LogP contribution in [-0.2, 0) is 27.3 Å². The Labute approximate surface area is 233 Å². The Morgan fingerprint density at radius 1 is 1.05 bits per heavy atom. The molecule has 2 heterocycles. The minimum absolute atomic E-state index is 0.118. The van der Waals surface area contributed by atoms with Crippen molar-refractivity contribution in [3.05, 3.63) is 53.7 Å². The molecule has 212 valence electrons. The fraction of sp³-hybridized carbons (Fsp3) is 0.517. The van der Waals surface area contributed by atoms with Gasteiger partial charge in [-0.3, -0.25) is 9.69 Å². The zero-order chi connectivity index (χ0) is 29.4. The number of β-lactam (4-membered cyclic amide) rings is 1. The maximum absolute atomic E-state index is 13.4. The highest BCUT2D eigenvalue weighted by atomic mass is 28.2. The molecule has 1 fully saturated rings. The van der Waals surface area contributed by atoms with Gasteiger partial charge in [0.2, 0.25) is 5.91 Å². The van der Waals surface area contributed by atoms with Crippen LogP contribution in [0.5, 0.6) is 5.75 Å². The molecule has 1 saturated heterocycles. The number of aliphatic carboxylic acids is 1. The van der Waals surface area contributed by atoms with Crippen LogP contribution >= 0.6 is 0 Å². The van der Waals surface area contributed by atoms with E-state index in [0.29, 0.717) is 17.1 Å². The van der Waals surface area contributed by atoms with Crippen LogP contribution in [0.15, 0.2) is 42.6 Å². The molecule has 0 spiro atoms. The second kappa shape index (κ2) is 10.6. The first kappa shape index (κ1) is 30.1. The van der Waals surface area contributed by atoms with Gasteiger partial charge in [-0.1, -0.05) is 32.9 Å². The van der Waals surface area contributed by atoms with Gasteiger partial charge in [-0.05, 0) is 81.5 Å². The third-order valence-corrected chi connectivity index (χ3v) is 9.32. The average molecular weight is 556 g/mol. The van der Waals surface area contributed by atoms with Crippen molar-refractivity contribution in [2.24, 2.45) is 5.41 Å². The Morgan fingerprint density at radius 3 is 2.18 bits per heavy atom. The van der Waals surface area contributed by atoms with Crippen molar-refractivity contribution in [3.8, 4) is 5.75 Å². The lowest BCUT2D eigenvalue weighted by Crippen LogP contribution is -2.80. The summed E-state index contributed by atoms with van der Waals surface area (Å²) < 4.78 is 12.5. The van der Waals surface area contributed by atoms with Gasteiger partial charge < -0.3 is 19.1 Å². The van der Waals surface area contributed by atoms with E-state index in [2.05, 4.69) is 4.98 Å². The minimum atomic E-state index is -1.32. The lowest BCUT2D eigenvalue weighted by atomic mass is 9.61. The van der Waals surface area contributed by atoms with Crippen LogP contribution in [0, 0.1) is 5.41 Å². The van der Waals surface area contributed by atoms with Gasteiger partial charge in [0.25, 0.3) is 0 Å². The summed E-state index contributed by atoms with van der Waals surface area (Å²) in [6.45, 7) is 15.1. The molecule has 3 rings (SSSR count). The van der Waals surface area contributed by atoms with Crippen molar-refractivity contribution < 1.29 is 29.0 Å². The molecule has 1 aromatic carbocycles. The molecule has 0 unspecified atom stereocenters. The van der Waals surface area contributed by atoms with E-state index in [1.807, 2.05) is 45.0 Å². The molecular weight excluding hydrogens is 514 g/mol. The number of carbonyl (C=O) groups excluding carboxylic acids is 2. The van der Waals surface area contributed by atoms with Crippen LogP contribution in [-0.4, -0.2) is 60.6 Å². The highest BCUT2D eigenvalue weighted by Gasteiger charge is 2.69. The number of carboxylic acids is 1. The van der Waals surface area contributed by atoms with E-state index >= 15 is 0 Å². The summed E-state index contributed by atoms with van der Waals surface area (Å²) in [4.78, 5) is 45.1. The monoisotopic (exact) mass is 555 g/mol. The number of hydrogen-bond acceptors (Lipinski definition) is 6. The van der Waals surface area contributed by atoms with Gasteiger partial charge in [0, 0.05) is 6.20 Å². The van der Waals surface area contributed by atoms with E-state index in [1.54, 1.807) is 64.6 Å². The Hall–Kier alpha value is -3.40. The Morgan fingerprint density at radius 2 is 1.67 bits per heavy atom. The van der Waals surface area contributed by atoms with Gasteiger partial charge >= 0.3 is 12.1 Å². The van der Waals surface area contributed by atoms with Crippen LogP contribution in [0.25, 0.3) is 0 Å².